The van der Waals surface area contributed by atoms with Crippen LogP contribution in [-0.4, -0.2) is 35.4 Å². The van der Waals surface area contributed by atoms with E-state index in [1.165, 1.54) is 0 Å². The predicted octanol–water partition coefficient (Wildman–Crippen LogP) is 3.54. The molecule has 1 aromatic carbocycles. The number of benzene rings is 1. The zero-order valence-electron chi connectivity index (χ0n) is 12.2. The molecule has 1 aliphatic heterocycles. The lowest BCUT2D eigenvalue weighted by Crippen LogP contribution is -2.57. The number of nitrogens with zero attached hydrogens (tertiary/aromatic N) is 1. The number of anilines is 1. The molecule has 20 heavy (non-hydrogen) atoms. The van der Waals surface area contributed by atoms with Gasteiger partial charge in [0, 0.05) is 17.6 Å². The third kappa shape index (κ3) is 3.33. The maximum absolute atomic E-state index is 11.5. The second-order valence-corrected chi connectivity index (χ2v) is 7.36. The summed E-state index contributed by atoms with van der Waals surface area (Å²) in [6.07, 6.45) is 0. The van der Waals surface area contributed by atoms with Gasteiger partial charge in [-0.1, -0.05) is 15.9 Å². The van der Waals surface area contributed by atoms with Crippen molar-refractivity contribution in [1.82, 2.24) is 0 Å². The van der Waals surface area contributed by atoms with Crippen LogP contribution < -0.4 is 4.90 Å². The largest absolute Gasteiger partial charge is 0.478 e. The fourth-order valence-corrected chi connectivity index (χ4v) is 3.27. The Labute approximate surface area is 127 Å². The van der Waals surface area contributed by atoms with Crippen molar-refractivity contribution in [3.05, 3.63) is 28.2 Å². The predicted molar refractivity (Wildman–Crippen MR) is 82.6 cm³/mol. The lowest BCUT2D eigenvalue weighted by Gasteiger charge is -2.48. The second kappa shape index (κ2) is 5.04. The summed E-state index contributed by atoms with van der Waals surface area (Å²) in [6, 6.07) is 5.37. The van der Waals surface area contributed by atoms with Crippen LogP contribution in [0.4, 0.5) is 5.69 Å². The summed E-state index contributed by atoms with van der Waals surface area (Å²) in [6.45, 7) is 9.44. The summed E-state index contributed by atoms with van der Waals surface area (Å²) in [5, 5.41) is 9.40. The minimum Gasteiger partial charge on any atom is -0.478 e. The number of hydrogen-bond acceptors (Lipinski definition) is 3. The van der Waals surface area contributed by atoms with Crippen LogP contribution in [0.2, 0.25) is 0 Å². The van der Waals surface area contributed by atoms with Gasteiger partial charge in [0.05, 0.1) is 22.5 Å². The molecule has 0 bridgehead atoms. The van der Waals surface area contributed by atoms with Crippen molar-refractivity contribution in [3.8, 4) is 0 Å². The van der Waals surface area contributed by atoms with Gasteiger partial charge in [0.25, 0.3) is 0 Å². The number of hydrogen-bond donors (Lipinski definition) is 1. The Morgan fingerprint density at radius 3 is 2.30 bits per heavy atom. The van der Waals surface area contributed by atoms with Crippen LogP contribution in [0.25, 0.3) is 0 Å². The van der Waals surface area contributed by atoms with Crippen molar-refractivity contribution >= 4 is 27.6 Å². The molecular weight excluding hydrogens is 322 g/mol. The maximum atomic E-state index is 11.5. The van der Waals surface area contributed by atoms with E-state index in [2.05, 4.69) is 20.8 Å². The maximum Gasteiger partial charge on any atom is 0.337 e. The molecule has 4 nitrogen and oxygen atoms in total. The van der Waals surface area contributed by atoms with E-state index in [0.717, 1.165) is 10.2 Å². The summed E-state index contributed by atoms with van der Waals surface area (Å²) < 4.78 is 6.81. The zero-order valence-corrected chi connectivity index (χ0v) is 13.8. The molecule has 0 atom stereocenters. The topological polar surface area (TPSA) is 49.8 Å². The van der Waals surface area contributed by atoms with Gasteiger partial charge < -0.3 is 14.7 Å². The van der Waals surface area contributed by atoms with Crippen molar-refractivity contribution in [2.24, 2.45) is 0 Å². The average Bonchev–Trinajstić information content (AvgIpc) is 2.24. The molecule has 110 valence electrons. The smallest absolute Gasteiger partial charge is 0.337 e. The van der Waals surface area contributed by atoms with Gasteiger partial charge in [-0.2, -0.15) is 0 Å². The van der Waals surface area contributed by atoms with Gasteiger partial charge in [-0.15, -0.1) is 0 Å². The monoisotopic (exact) mass is 341 g/mol. The van der Waals surface area contributed by atoms with E-state index in [4.69, 9.17) is 4.74 Å². The molecule has 1 fully saturated rings. The number of rotatable bonds is 2. The van der Waals surface area contributed by atoms with Crippen molar-refractivity contribution in [3.63, 3.8) is 0 Å². The Bertz CT molecular complexity index is 524. The third-order valence-electron chi connectivity index (χ3n) is 3.23. The van der Waals surface area contributed by atoms with Crippen LogP contribution in [0.5, 0.6) is 0 Å². The second-order valence-electron chi connectivity index (χ2n) is 6.44. The molecule has 0 saturated carbocycles. The Balaban J connectivity index is 2.43. The SMILES string of the molecule is CC1(C)CN(c2ccc(Br)cc2C(=O)O)CC(C)(C)O1. The average molecular weight is 342 g/mol. The molecule has 0 spiro atoms. The van der Waals surface area contributed by atoms with Crippen LogP contribution in [-0.2, 0) is 4.74 Å². The summed E-state index contributed by atoms with van der Waals surface area (Å²) in [5.74, 6) is -0.914. The highest BCUT2D eigenvalue weighted by Gasteiger charge is 2.39. The van der Waals surface area contributed by atoms with Gasteiger partial charge in [0.15, 0.2) is 0 Å². The van der Waals surface area contributed by atoms with Gasteiger partial charge >= 0.3 is 5.97 Å². The van der Waals surface area contributed by atoms with Gasteiger partial charge in [0.1, 0.15) is 0 Å². The van der Waals surface area contributed by atoms with Gasteiger partial charge in [0.2, 0.25) is 0 Å². The van der Waals surface area contributed by atoms with E-state index in [0.29, 0.717) is 18.7 Å². The highest BCUT2D eigenvalue weighted by molar-refractivity contribution is 9.10. The van der Waals surface area contributed by atoms with Crippen LogP contribution >= 0.6 is 15.9 Å². The molecule has 1 aromatic rings. The summed E-state index contributed by atoms with van der Waals surface area (Å²) in [7, 11) is 0. The van der Waals surface area contributed by atoms with Crippen LogP contribution in [0.3, 0.4) is 0 Å². The van der Waals surface area contributed by atoms with E-state index in [1.54, 1.807) is 6.07 Å². The molecule has 1 N–H and O–H groups in total. The number of carboxylic acids is 1. The lowest BCUT2D eigenvalue weighted by atomic mass is 9.97. The highest BCUT2D eigenvalue weighted by Crippen LogP contribution is 2.34. The molecule has 0 aliphatic carbocycles. The summed E-state index contributed by atoms with van der Waals surface area (Å²) in [5.41, 5.74) is 0.424. The Morgan fingerprint density at radius 2 is 1.80 bits per heavy atom. The van der Waals surface area contributed by atoms with Crippen molar-refractivity contribution < 1.29 is 14.6 Å². The molecule has 5 heteroatoms. The van der Waals surface area contributed by atoms with Gasteiger partial charge in [-0.25, -0.2) is 4.79 Å². The summed E-state index contributed by atoms with van der Waals surface area (Å²) in [4.78, 5) is 13.6. The Kier molecular flexibility index (Phi) is 3.86. The van der Waals surface area contributed by atoms with Gasteiger partial charge in [-0.05, 0) is 45.9 Å². The van der Waals surface area contributed by atoms with Crippen LogP contribution in [0, 0.1) is 0 Å². The molecule has 1 aliphatic rings. The summed E-state index contributed by atoms with van der Waals surface area (Å²) >= 11 is 3.33. The molecule has 0 unspecified atom stereocenters. The normalized spacial score (nSPS) is 20.8. The fourth-order valence-electron chi connectivity index (χ4n) is 2.91. The van der Waals surface area contributed by atoms with Crippen molar-refractivity contribution in [2.45, 2.75) is 38.9 Å². The van der Waals surface area contributed by atoms with E-state index in [9.17, 15) is 9.90 Å². The molecule has 2 rings (SSSR count). The number of carboxylic acid groups (broad SMARTS) is 1. The van der Waals surface area contributed by atoms with Crippen LogP contribution in [0.1, 0.15) is 38.1 Å². The molecule has 1 heterocycles. The van der Waals surface area contributed by atoms with Gasteiger partial charge in [-0.3, -0.25) is 0 Å². The zero-order chi connectivity index (χ0) is 15.1. The number of halogens is 1. The van der Waals surface area contributed by atoms with E-state index in [-0.39, 0.29) is 11.2 Å². The fraction of sp³-hybridized carbons (Fsp3) is 0.533. The molecule has 0 aromatic heterocycles. The Hall–Kier alpha value is -1.07. The quantitative estimate of drug-likeness (QED) is 0.893. The first-order chi connectivity index (χ1) is 9.10. The molecule has 0 radical (unpaired) electrons. The van der Waals surface area contributed by atoms with Crippen molar-refractivity contribution in [2.75, 3.05) is 18.0 Å². The molecule has 0 amide bonds. The van der Waals surface area contributed by atoms with Crippen molar-refractivity contribution in [1.29, 1.82) is 0 Å². The number of carbonyl (C=O) groups is 1. The number of morpholine rings is 1. The minimum absolute atomic E-state index is 0.313. The van der Waals surface area contributed by atoms with E-state index >= 15 is 0 Å². The highest BCUT2D eigenvalue weighted by atomic mass is 79.9. The first kappa shape index (κ1) is 15.3. The lowest BCUT2D eigenvalue weighted by molar-refractivity contribution is -0.133. The van der Waals surface area contributed by atoms with Crippen LogP contribution in [0.15, 0.2) is 22.7 Å². The Morgan fingerprint density at radius 1 is 1.25 bits per heavy atom. The minimum atomic E-state index is -0.914. The van der Waals surface area contributed by atoms with E-state index in [1.807, 2.05) is 39.8 Å². The molecular formula is C15H20BrNO3. The number of aromatic carboxylic acids is 1. The standard InChI is InChI=1S/C15H20BrNO3/c1-14(2)8-17(9-15(3,4)20-14)12-6-5-10(16)7-11(12)13(18)19/h5-7H,8-9H2,1-4H3,(H,18,19). The first-order valence-corrected chi connectivity index (χ1v) is 7.37. The first-order valence-electron chi connectivity index (χ1n) is 6.58. The van der Waals surface area contributed by atoms with E-state index < -0.39 is 5.97 Å². The third-order valence-corrected chi connectivity index (χ3v) is 3.72. The molecule has 1 saturated heterocycles. The number of ether oxygens (including phenoxy) is 1.